The number of hydrogen-bond donors (Lipinski definition) is 2. The van der Waals surface area contributed by atoms with E-state index in [0.717, 1.165) is 16.7 Å². The number of para-hydroxylation sites is 1. The van der Waals surface area contributed by atoms with Crippen LogP contribution >= 0.6 is 15.9 Å². The Kier molecular flexibility index (Phi) is 5.08. The number of alkyl halides is 3. The summed E-state index contributed by atoms with van der Waals surface area (Å²) in [6, 6.07) is 9.02. The fraction of sp³-hybridized carbons (Fsp3) is 0.118. The molecule has 0 unspecified atom stereocenters. The van der Waals surface area contributed by atoms with Gasteiger partial charge >= 0.3 is 18.0 Å². The molecule has 0 atom stereocenters. The van der Waals surface area contributed by atoms with Crippen molar-refractivity contribution in [2.75, 3.05) is 11.9 Å². The normalized spacial score (nSPS) is 13.8. The number of carbonyl (C=O) groups excluding carboxylic acids is 1. The van der Waals surface area contributed by atoms with Crippen molar-refractivity contribution in [2.24, 2.45) is 0 Å². The zero-order valence-corrected chi connectivity index (χ0v) is 14.8. The first kappa shape index (κ1) is 18.1. The second-order valence-corrected chi connectivity index (χ2v) is 6.29. The molecule has 1 aliphatic rings. The van der Waals surface area contributed by atoms with Crippen LogP contribution in [0.3, 0.4) is 0 Å². The third-order valence-corrected chi connectivity index (χ3v) is 4.25. The van der Waals surface area contributed by atoms with E-state index in [1.165, 1.54) is 6.07 Å². The van der Waals surface area contributed by atoms with Crippen LogP contribution in [0.1, 0.15) is 5.56 Å². The van der Waals surface area contributed by atoms with Gasteiger partial charge in [-0.25, -0.2) is 9.37 Å². The van der Waals surface area contributed by atoms with Gasteiger partial charge < -0.3 is 10.6 Å². The average Bonchev–Trinajstić information content (AvgIpc) is 3.05. The highest BCUT2D eigenvalue weighted by atomic mass is 79.9. The van der Waals surface area contributed by atoms with Gasteiger partial charge in [-0.2, -0.15) is 13.2 Å². The minimum atomic E-state index is -4.42. The van der Waals surface area contributed by atoms with Crippen LogP contribution in [0, 0.1) is 0 Å². The van der Waals surface area contributed by atoms with Gasteiger partial charge in [-0.15, -0.1) is 0 Å². The summed E-state index contributed by atoms with van der Waals surface area (Å²) < 4.78 is 40.1. The molecule has 0 radical (unpaired) electrons. The maximum Gasteiger partial charge on any atom is 0.420 e. The lowest BCUT2D eigenvalue weighted by molar-refractivity contribution is -0.426. The van der Waals surface area contributed by atoms with E-state index in [4.69, 9.17) is 0 Å². The van der Waals surface area contributed by atoms with Gasteiger partial charge in [0, 0.05) is 16.6 Å². The monoisotopic (exact) mass is 425 g/mol. The first-order chi connectivity index (χ1) is 12.3. The molecule has 0 spiro atoms. The van der Waals surface area contributed by atoms with Crippen LogP contribution in [0.2, 0.25) is 0 Å². The molecule has 2 aromatic rings. The minimum Gasteiger partial charge on any atom is -0.307 e. The lowest BCUT2D eigenvalue weighted by atomic mass is 10.3. The summed E-state index contributed by atoms with van der Waals surface area (Å²) in [5.74, 6) is 0.359. The number of carbonyl (C=O) groups is 1. The Labute approximate surface area is 155 Å². The maximum absolute atomic E-state index is 12.6. The number of hydrogen-bond acceptors (Lipinski definition) is 2. The van der Waals surface area contributed by atoms with E-state index in [0.29, 0.717) is 23.7 Å². The number of rotatable bonds is 3. The van der Waals surface area contributed by atoms with Gasteiger partial charge in [0.15, 0.2) is 6.20 Å². The number of halogens is 4. The van der Waals surface area contributed by atoms with E-state index in [-0.39, 0.29) is 0 Å². The minimum absolute atomic E-state index is 0.293. The molecule has 0 saturated carbocycles. The number of aromatic nitrogens is 1. The average molecular weight is 426 g/mol. The summed E-state index contributed by atoms with van der Waals surface area (Å²) in [5, 5.41) is 5.40. The standard InChI is InChI=1S/C17H12BrF3N4O/c18-13-3-1-2-4-14(13)24-16(26)23-12-7-8-25(10-12)15-6-5-11(9-22-15)17(19,20)21/h1-9H,10H2,(H,24,26)/p+1. The smallest absolute Gasteiger partial charge is 0.307 e. The Balaban J connectivity index is 1.58. The molecule has 5 nitrogen and oxygen atoms in total. The first-order valence-electron chi connectivity index (χ1n) is 7.49. The largest absolute Gasteiger partial charge is 0.420 e. The Bertz CT molecular complexity index is 892. The number of amides is 2. The number of nitrogens with zero attached hydrogens (tertiary/aromatic N) is 2. The van der Waals surface area contributed by atoms with E-state index in [2.05, 4.69) is 31.5 Å². The van der Waals surface area contributed by atoms with Crippen LogP contribution < -0.4 is 10.6 Å². The number of benzene rings is 1. The van der Waals surface area contributed by atoms with Gasteiger partial charge in [-0.05, 0) is 39.1 Å². The van der Waals surface area contributed by atoms with Gasteiger partial charge in [0.1, 0.15) is 6.54 Å². The highest BCUT2D eigenvalue weighted by Gasteiger charge is 2.32. The number of anilines is 1. The molecule has 134 valence electrons. The second kappa shape index (κ2) is 7.28. The zero-order valence-electron chi connectivity index (χ0n) is 13.2. The molecule has 0 bridgehead atoms. The van der Waals surface area contributed by atoms with Crippen molar-refractivity contribution < 1.29 is 22.5 Å². The lowest BCUT2D eigenvalue weighted by Gasteiger charge is -2.09. The first-order valence-corrected chi connectivity index (χ1v) is 8.29. The topological polar surface area (TPSA) is 57.0 Å². The van der Waals surface area contributed by atoms with Gasteiger partial charge in [-0.1, -0.05) is 12.1 Å². The molecule has 2 N–H and O–H groups in total. The number of urea groups is 1. The quantitative estimate of drug-likeness (QED) is 0.720. The van der Waals surface area contributed by atoms with Crippen LogP contribution in [-0.4, -0.2) is 28.3 Å². The van der Waals surface area contributed by atoms with Crippen molar-refractivity contribution in [3.05, 3.63) is 64.4 Å². The predicted molar refractivity (Wildman–Crippen MR) is 94.5 cm³/mol. The van der Waals surface area contributed by atoms with Crippen molar-refractivity contribution in [3.8, 4) is 0 Å². The van der Waals surface area contributed by atoms with Gasteiger partial charge in [0.05, 0.1) is 23.2 Å². The molecule has 9 heteroatoms. The summed E-state index contributed by atoms with van der Waals surface area (Å²) >= 11 is 3.34. The SMILES string of the molecule is O=C(NC1=CC=[N+](c2ccc(C(F)(F)F)cn2)C1)Nc1ccccc1Br. The van der Waals surface area contributed by atoms with Crippen molar-refractivity contribution in [3.63, 3.8) is 0 Å². The van der Waals surface area contributed by atoms with E-state index >= 15 is 0 Å². The molecule has 1 aromatic heterocycles. The summed E-state index contributed by atoms with van der Waals surface area (Å²) in [6.45, 7) is 0.293. The summed E-state index contributed by atoms with van der Waals surface area (Å²) in [6.07, 6.45) is -0.328. The molecule has 1 aliphatic heterocycles. The second-order valence-electron chi connectivity index (χ2n) is 5.43. The third-order valence-electron chi connectivity index (χ3n) is 3.56. The van der Waals surface area contributed by atoms with Crippen molar-refractivity contribution in [1.29, 1.82) is 0 Å². The third kappa shape index (κ3) is 4.29. The molecule has 3 rings (SSSR count). The molecule has 2 amide bonds. The van der Waals surface area contributed by atoms with Gasteiger partial charge in [0.2, 0.25) is 0 Å². The van der Waals surface area contributed by atoms with Crippen molar-refractivity contribution in [2.45, 2.75) is 6.18 Å². The van der Waals surface area contributed by atoms with Crippen LogP contribution in [0.25, 0.3) is 0 Å². The number of allylic oxidation sites excluding steroid dienone is 1. The molecule has 2 heterocycles. The molecule has 0 saturated heterocycles. The molecule has 0 aliphatic carbocycles. The molecule has 1 aromatic carbocycles. The summed E-state index contributed by atoms with van der Waals surface area (Å²) in [5.41, 5.74) is 0.407. The van der Waals surface area contributed by atoms with Crippen LogP contribution in [0.5, 0.6) is 0 Å². The number of pyridine rings is 1. The van der Waals surface area contributed by atoms with Crippen molar-refractivity contribution >= 4 is 39.7 Å². The fourth-order valence-electron chi connectivity index (χ4n) is 2.29. The number of nitrogens with one attached hydrogen (secondary N) is 2. The molecule has 0 fully saturated rings. The highest BCUT2D eigenvalue weighted by molar-refractivity contribution is 9.10. The Hall–Kier alpha value is -2.68. The van der Waals surface area contributed by atoms with Crippen LogP contribution in [0.4, 0.5) is 29.5 Å². The summed E-state index contributed by atoms with van der Waals surface area (Å²) in [4.78, 5) is 15.9. The summed E-state index contributed by atoms with van der Waals surface area (Å²) in [7, 11) is 0. The van der Waals surface area contributed by atoms with E-state index < -0.39 is 17.8 Å². The fourth-order valence-corrected chi connectivity index (χ4v) is 2.68. The maximum atomic E-state index is 12.6. The van der Waals surface area contributed by atoms with Crippen molar-refractivity contribution in [1.82, 2.24) is 10.3 Å². The Morgan fingerprint density at radius 1 is 1.15 bits per heavy atom. The lowest BCUT2D eigenvalue weighted by Crippen LogP contribution is -2.30. The van der Waals surface area contributed by atoms with E-state index in [1.54, 1.807) is 35.1 Å². The zero-order chi connectivity index (χ0) is 18.7. The molecular formula is C17H13BrF3N4O+. The van der Waals surface area contributed by atoms with Crippen LogP contribution in [-0.2, 0) is 6.18 Å². The Morgan fingerprint density at radius 3 is 2.58 bits per heavy atom. The predicted octanol–water partition coefficient (Wildman–Crippen LogP) is 4.30. The Morgan fingerprint density at radius 2 is 1.92 bits per heavy atom. The highest BCUT2D eigenvalue weighted by Crippen LogP contribution is 2.29. The van der Waals surface area contributed by atoms with Crippen LogP contribution in [0.15, 0.2) is 58.8 Å². The molecule has 26 heavy (non-hydrogen) atoms. The van der Waals surface area contributed by atoms with Gasteiger partial charge in [0.25, 0.3) is 0 Å². The van der Waals surface area contributed by atoms with E-state index in [1.807, 2.05) is 6.07 Å². The van der Waals surface area contributed by atoms with Gasteiger partial charge in [-0.3, -0.25) is 0 Å². The molecular weight excluding hydrogens is 413 g/mol. The van der Waals surface area contributed by atoms with E-state index in [9.17, 15) is 18.0 Å².